The average Bonchev–Trinajstić information content (AvgIpc) is 2.34. The Morgan fingerprint density at radius 2 is 1.94 bits per heavy atom. The summed E-state index contributed by atoms with van der Waals surface area (Å²) in [7, 11) is 0. The zero-order valence-corrected chi connectivity index (χ0v) is 10.6. The van der Waals surface area contributed by atoms with Gasteiger partial charge in [0, 0.05) is 6.07 Å². The lowest BCUT2D eigenvalue weighted by atomic mass is 10.3. The molecule has 0 spiro atoms. The summed E-state index contributed by atoms with van der Waals surface area (Å²) in [5, 5.41) is 10.8. The normalized spacial score (nSPS) is 10.1. The van der Waals surface area contributed by atoms with Gasteiger partial charge in [-0.2, -0.15) is 0 Å². The van der Waals surface area contributed by atoms with Crippen LogP contribution in [0, 0.1) is 15.9 Å². The summed E-state index contributed by atoms with van der Waals surface area (Å²) in [6.45, 7) is 0. The quantitative estimate of drug-likeness (QED) is 0.627. The van der Waals surface area contributed by atoms with E-state index in [2.05, 4.69) is 15.9 Å². The molecule has 4 nitrogen and oxygen atoms in total. The van der Waals surface area contributed by atoms with Crippen molar-refractivity contribution in [3.8, 4) is 11.5 Å². The Hall–Kier alpha value is -1.95. The maximum Gasteiger partial charge on any atom is 0.311 e. The van der Waals surface area contributed by atoms with Crippen molar-refractivity contribution >= 4 is 21.6 Å². The number of rotatable bonds is 3. The maximum absolute atomic E-state index is 13.0. The number of benzene rings is 2. The van der Waals surface area contributed by atoms with Crippen LogP contribution in [0.25, 0.3) is 0 Å². The van der Waals surface area contributed by atoms with Crippen molar-refractivity contribution in [2.75, 3.05) is 0 Å². The molecule has 0 amide bonds. The smallest absolute Gasteiger partial charge is 0.311 e. The molecular weight excluding hydrogens is 305 g/mol. The molecule has 6 heteroatoms. The molecule has 0 heterocycles. The number of halogens is 2. The highest BCUT2D eigenvalue weighted by molar-refractivity contribution is 9.10. The highest BCUT2D eigenvalue weighted by Crippen LogP contribution is 2.32. The number of nitro benzene ring substituents is 1. The Bertz CT molecular complexity index is 604. The van der Waals surface area contributed by atoms with Gasteiger partial charge in [0.15, 0.2) is 0 Å². The van der Waals surface area contributed by atoms with E-state index >= 15 is 0 Å². The van der Waals surface area contributed by atoms with Crippen molar-refractivity contribution in [3.05, 3.63) is 62.9 Å². The largest absolute Gasteiger partial charge is 0.450 e. The lowest BCUT2D eigenvalue weighted by Crippen LogP contribution is -1.93. The summed E-state index contributed by atoms with van der Waals surface area (Å²) >= 11 is 3.02. The number of nitro groups is 1. The van der Waals surface area contributed by atoms with Crippen molar-refractivity contribution in [3.63, 3.8) is 0 Å². The van der Waals surface area contributed by atoms with Crippen molar-refractivity contribution in [2.45, 2.75) is 0 Å². The van der Waals surface area contributed by atoms with Gasteiger partial charge in [-0.25, -0.2) is 4.39 Å². The summed E-state index contributed by atoms with van der Waals surface area (Å²) in [5.41, 5.74) is -0.141. The molecule has 0 N–H and O–H groups in total. The van der Waals surface area contributed by atoms with E-state index in [4.69, 9.17) is 4.74 Å². The molecule has 2 rings (SSSR count). The van der Waals surface area contributed by atoms with E-state index in [1.807, 2.05) is 0 Å². The minimum absolute atomic E-state index is 0.112. The molecule has 0 atom stereocenters. The van der Waals surface area contributed by atoms with Crippen LogP contribution in [0.4, 0.5) is 10.1 Å². The van der Waals surface area contributed by atoms with Gasteiger partial charge >= 0.3 is 5.69 Å². The second-order valence-corrected chi connectivity index (χ2v) is 4.26. The molecule has 0 aliphatic rings. The van der Waals surface area contributed by atoms with E-state index in [-0.39, 0.29) is 15.9 Å². The van der Waals surface area contributed by atoms with Gasteiger partial charge in [0.2, 0.25) is 5.75 Å². The third-order valence-electron chi connectivity index (χ3n) is 2.18. The molecule has 92 valence electrons. The first-order chi connectivity index (χ1) is 8.58. The Labute approximate surface area is 110 Å². The lowest BCUT2D eigenvalue weighted by molar-refractivity contribution is -0.385. The summed E-state index contributed by atoms with van der Waals surface area (Å²) < 4.78 is 18.6. The monoisotopic (exact) mass is 311 g/mol. The molecule has 0 aliphatic carbocycles. The van der Waals surface area contributed by atoms with E-state index in [1.54, 1.807) is 12.1 Å². The van der Waals surface area contributed by atoms with Crippen LogP contribution in [-0.2, 0) is 0 Å². The van der Waals surface area contributed by atoms with Crippen LogP contribution >= 0.6 is 15.9 Å². The molecule has 18 heavy (non-hydrogen) atoms. The van der Waals surface area contributed by atoms with Crippen molar-refractivity contribution in [2.24, 2.45) is 0 Å². The number of ether oxygens (including phenoxy) is 1. The first-order valence-electron chi connectivity index (χ1n) is 4.94. The van der Waals surface area contributed by atoms with Crippen LogP contribution in [0.5, 0.6) is 11.5 Å². The molecule has 0 aromatic heterocycles. The fraction of sp³-hybridized carbons (Fsp3) is 0. The van der Waals surface area contributed by atoms with E-state index in [1.165, 1.54) is 30.3 Å². The second-order valence-electron chi connectivity index (χ2n) is 3.40. The Kier molecular flexibility index (Phi) is 3.57. The third kappa shape index (κ3) is 2.65. The maximum atomic E-state index is 13.0. The molecule has 0 bridgehead atoms. The van der Waals surface area contributed by atoms with Gasteiger partial charge in [0.05, 0.1) is 9.40 Å². The first kappa shape index (κ1) is 12.5. The van der Waals surface area contributed by atoms with Crippen molar-refractivity contribution in [1.82, 2.24) is 0 Å². The number of para-hydroxylation sites is 2. The molecule has 0 radical (unpaired) electrons. The zero-order chi connectivity index (χ0) is 13.1. The highest BCUT2D eigenvalue weighted by atomic mass is 79.9. The van der Waals surface area contributed by atoms with Gasteiger partial charge in [-0.15, -0.1) is 0 Å². The van der Waals surface area contributed by atoms with Crippen molar-refractivity contribution < 1.29 is 14.1 Å². The molecule has 2 aromatic rings. The summed E-state index contributed by atoms with van der Waals surface area (Å²) in [6, 6.07) is 10.0. The summed E-state index contributed by atoms with van der Waals surface area (Å²) in [4.78, 5) is 10.3. The lowest BCUT2D eigenvalue weighted by Gasteiger charge is -2.06. The van der Waals surface area contributed by atoms with Gasteiger partial charge in [0.25, 0.3) is 0 Å². The van der Waals surface area contributed by atoms with E-state index in [9.17, 15) is 14.5 Å². The van der Waals surface area contributed by atoms with Gasteiger partial charge in [-0.3, -0.25) is 10.1 Å². The third-order valence-corrected chi connectivity index (χ3v) is 2.79. The number of hydrogen-bond acceptors (Lipinski definition) is 3. The molecule has 0 aliphatic heterocycles. The molecular formula is C12H7BrFNO3. The minimum atomic E-state index is -0.534. The van der Waals surface area contributed by atoms with Crippen LogP contribution in [-0.4, -0.2) is 4.92 Å². The number of nitrogens with zero attached hydrogens (tertiary/aromatic N) is 1. The van der Waals surface area contributed by atoms with E-state index in [0.29, 0.717) is 5.75 Å². The van der Waals surface area contributed by atoms with Crippen LogP contribution in [0.3, 0.4) is 0 Å². The molecule has 0 saturated carbocycles. The summed E-state index contributed by atoms with van der Waals surface area (Å²) in [6.07, 6.45) is 0. The molecule has 0 fully saturated rings. The van der Waals surface area contributed by atoms with Gasteiger partial charge < -0.3 is 4.74 Å². The molecule has 0 unspecified atom stereocenters. The highest BCUT2D eigenvalue weighted by Gasteiger charge is 2.14. The molecule has 2 aromatic carbocycles. The van der Waals surface area contributed by atoms with Crippen LogP contribution in [0.1, 0.15) is 0 Å². The summed E-state index contributed by atoms with van der Waals surface area (Å²) in [5.74, 6) is 0.00324. The SMILES string of the molecule is O=[N+]([O-])c1ccccc1Oc1ccc(F)c(Br)c1. The standard InChI is InChI=1S/C12H7BrFNO3/c13-9-7-8(5-6-10(9)14)18-12-4-2-1-3-11(12)15(16)17/h1-7H. The van der Waals surface area contributed by atoms with Gasteiger partial charge in [-0.05, 0) is 40.2 Å². The fourth-order valence-electron chi connectivity index (χ4n) is 1.36. The Morgan fingerprint density at radius 1 is 1.22 bits per heavy atom. The van der Waals surface area contributed by atoms with Crippen LogP contribution in [0.2, 0.25) is 0 Å². The predicted octanol–water partition coefficient (Wildman–Crippen LogP) is 4.29. The second kappa shape index (κ2) is 5.14. The van der Waals surface area contributed by atoms with Gasteiger partial charge in [0.1, 0.15) is 11.6 Å². The van der Waals surface area contributed by atoms with Crippen LogP contribution < -0.4 is 4.74 Å². The van der Waals surface area contributed by atoms with Gasteiger partial charge in [-0.1, -0.05) is 12.1 Å². The van der Waals surface area contributed by atoms with Crippen LogP contribution in [0.15, 0.2) is 46.9 Å². The van der Waals surface area contributed by atoms with Crippen molar-refractivity contribution in [1.29, 1.82) is 0 Å². The fourth-order valence-corrected chi connectivity index (χ4v) is 1.72. The van der Waals surface area contributed by atoms with E-state index < -0.39 is 10.7 Å². The average molecular weight is 312 g/mol. The van der Waals surface area contributed by atoms with E-state index in [0.717, 1.165) is 0 Å². The molecule has 0 saturated heterocycles. The Morgan fingerprint density at radius 3 is 2.61 bits per heavy atom. The Balaban J connectivity index is 2.34. The number of hydrogen-bond donors (Lipinski definition) is 0. The zero-order valence-electron chi connectivity index (χ0n) is 8.97. The topological polar surface area (TPSA) is 52.4 Å². The predicted molar refractivity (Wildman–Crippen MR) is 67.3 cm³/mol. The first-order valence-corrected chi connectivity index (χ1v) is 5.73. The minimum Gasteiger partial charge on any atom is -0.450 e.